The molecule has 6 rings (SSSR count). The summed E-state index contributed by atoms with van der Waals surface area (Å²) in [5, 5.41) is 10.4. The van der Waals surface area contributed by atoms with Gasteiger partial charge >= 0.3 is 5.97 Å². The first-order valence-electron chi connectivity index (χ1n) is 13.7. The van der Waals surface area contributed by atoms with Gasteiger partial charge in [0.2, 0.25) is 0 Å². The van der Waals surface area contributed by atoms with Crippen LogP contribution in [0.5, 0.6) is 0 Å². The highest BCUT2D eigenvalue weighted by Gasteiger charge is 2.52. The van der Waals surface area contributed by atoms with Crippen LogP contribution >= 0.6 is 0 Å². The third kappa shape index (κ3) is 4.61. The summed E-state index contributed by atoms with van der Waals surface area (Å²) in [7, 11) is 0. The Hall–Kier alpha value is -2.99. The van der Waals surface area contributed by atoms with E-state index in [9.17, 15) is 14.3 Å². The number of ether oxygens (including phenoxy) is 1. The Morgan fingerprint density at radius 2 is 1.65 bits per heavy atom. The van der Waals surface area contributed by atoms with Crippen LogP contribution in [0, 0.1) is 24.6 Å². The molecular weight excluding hydrogens is 467 g/mol. The maximum Gasteiger partial charge on any atom is 0.314 e. The molecule has 3 saturated carbocycles. The monoisotopic (exact) mass is 502 g/mol. The Bertz CT molecular complexity index is 1270. The molecule has 0 spiro atoms. The molecule has 0 amide bonds. The number of nitrogens with zero attached hydrogens (tertiary/aromatic N) is 2. The van der Waals surface area contributed by atoms with Crippen LogP contribution in [-0.4, -0.2) is 27.2 Å². The number of rotatable bonds is 9. The fourth-order valence-corrected chi connectivity index (χ4v) is 6.09. The van der Waals surface area contributed by atoms with Gasteiger partial charge in [-0.2, -0.15) is 0 Å². The average Bonchev–Trinajstić information content (AvgIpc) is 3.84. The molecule has 3 aliphatic carbocycles. The highest BCUT2D eigenvalue weighted by molar-refractivity contribution is 5.81. The molecule has 0 unspecified atom stereocenters. The van der Waals surface area contributed by atoms with Gasteiger partial charge in [0.1, 0.15) is 17.2 Å². The second kappa shape index (κ2) is 9.39. The zero-order valence-corrected chi connectivity index (χ0v) is 21.5. The Morgan fingerprint density at radius 1 is 1.00 bits per heavy atom. The number of halogens is 1. The Labute approximate surface area is 217 Å². The fraction of sp³-hybridized carbons (Fsp3) is 0.484. The van der Waals surface area contributed by atoms with E-state index in [4.69, 9.17) is 9.72 Å². The molecule has 0 bridgehead atoms. The summed E-state index contributed by atoms with van der Waals surface area (Å²) in [6.45, 7) is 3.57. The summed E-state index contributed by atoms with van der Waals surface area (Å²) >= 11 is 0. The molecule has 2 aromatic carbocycles. The standard InChI is InChI=1S/C31H35FN2O3/c1-21-27(24-11-13-26(32)14-12-24)34(19-22-7-8-22)28(33-21)31(37-20-23-9-10-23)17-15-30(16-18-31,29(35)36)25-5-3-2-4-6-25/h2-6,11-14,22-23H,7-10,15-20H2,1H3,(H,35,36)/t30-,31-. The highest BCUT2D eigenvalue weighted by atomic mass is 19.1. The molecule has 0 radical (unpaired) electrons. The minimum Gasteiger partial charge on any atom is -0.481 e. The Balaban J connectivity index is 1.42. The van der Waals surface area contributed by atoms with E-state index in [-0.39, 0.29) is 5.82 Å². The quantitative estimate of drug-likeness (QED) is 0.357. The summed E-state index contributed by atoms with van der Waals surface area (Å²) in [5.74, 6) is 1.10. The van der Waals surface area contributed by atoms with Crippen molar-refractivity contribution in [1.29, 1.82) is 0 Å². The van der Waals surface area contributed by atoms with Crippen molar-refractivity contribution in [3.63, 3.8) is 0 Å². The molecule has 0 saturated heterocycles. The Morgan fingerprint density at radius 3 is 2.24 bits per heavy atom. The first-order chi connectivity index (χ1) is 17.9. The lowest BCUT2D eigenvalue weighted by Crippen LogP contribution is -2.47. The number of carboxylic acids is 1. The first kappa shape index (κ1) is 24.4. The third-order valence-electron chi connectivity index (χ3n) is 8.74. The van der Waals surface area contributed by atoms with Gasteiger partial charge in [0, 0.05) is 12.1 Å². The van der Waals surface area contributed by atoms with Crippen molar-refractivity contribution in [2.75, 3.05) is 6.61 Å². The summed E-state index contributed by atoms with van der Waals surface area (Å²) in [4.78, 5) is 17.8. The maximum atomic E-state index is 13.8. The van der Waals surface area contributed by atoms with Crippen LogP contribution in [0.1, 0.15) is 68.4 Å². The van der Waals surface area contributed by atoms with Crippen molar-refractivity contribution < 1.29 is 19.0 Å². The number of hydrogen-bond acceptors (Lipinski definition) is 3. The average molecular weight is 503 g/mol. The SMILES string of the molecule is Cc1nc([C@]2(OCC3CC3)CC[C@@](C(=O)O)(c3ccccc3)CC2)n(CC2CC2)c1-c1ccc(F)cc1. The topological polar surface area (TPSA) is 64.3 Å². The van der Waals surface area contributed by atoms with Gasteiger partial charge in [0.25, 0.3) is 0 Å². The summed E-state index contributed by atoms with van der Waals surface area (Å²) < 4.78 is 22.9. The minimum absolute atomic E-state index is 0.252. The number of benzene rings is 2. The van der Waals surface area contributed by atoms with Crippen molar-refractivity contribution in [1.82, 2.24) is 9.55 Å². The Kier molecular flexibility index (Phi) is 6.18. The summed E-state index contributed by atoms with van der Waals surface area (Å²) in [6.07, 6.45) is 6.98. The second-order valence-electron chi connectivity index (χ2n) is 11.4. The highest BCUT2D eigenvalue weighted by Crippen LogP contribution is 2.51. The van der Waals surface area contributed by atoms with E-state index in [1.807, 2.05) is 49.4 Å². The number of hydrogen-bond donors (Lipinski definition) is 1. The zero-order valence-electron chi connectivity index (χ0n) is 21.5. The molecule has 6 heteroatoms. The van der Waals surface area contributed by atoms with E-state index in [1.165, 1.54) is 37.8 Å². The molecule has 0 aliphatic heterocycles. The van der Waals surface area contributed by atoms with Gasteiger partial charge in [-0.25, -0.2) is 9.37 Å². The van der Waals surface area contributed by atoms with Gasteiger partial charge in [-0.3, -0.25) is 4.79 Å². The van der Waals surface area contributed by atoms with Crippen LogP contribution in [0.3, 0.4) is 0 Å². The zero-order chi connectivity index (χ0) is 25.6. The first-order valence-corrected chi connectivity index (χ1v) is 13.7. The number of carboxylic acid groups (broad SMARTS) is 1. The van der Waals surface area contributed by atoms with Crippen molar-refractivity contribution in [3.8, 4) is 11.3 Å². The van der Waals surface area contributed by atoms with Crippen molar-refractivity contribution >= 4 is 5.97 Å². The molecule has 0 atom stereocenters. The normalized spacial score (nSPS) is 25.8. The largest absolute Gasteiger partial charge is 0.481 e. The van der Waals surface area contributed by atoms with Gasteiger partial charge < -0.3 is 14.4 Å². The van der Waals surface area contributed by atoms with Crippen LogP contribution in [0.2, 0.25) is 0 Å². The molecule has 3 fully saturated rings. The number of aryl methyl sites for hydroxylation is 1. The lowest BCUT2D eigenvalue weighted by molar-refractivity contribution is -0.151. The van der Waals surface area contributed by atoms with Crippen LogP contribution < -0.4 is 0 Å². The molecule has 1 aromatic heterocycles. The third-order valence-corrected chi connectivity index (χ3v) is 8.74. The number of imidazole rings is 1. The van der Waals surface area contributed by atoms with Crippen molar-refractivity contribution in [3.05, 3.63) is 77.5 Å². The molecule has 1 heterocycles. The van der Waals surface area contributed by atoms with E-state index < -0.39 is 17.0 Å². The maximum absolute atomic E-state index is 13.8. The predicted octanol–water partition coefficient (Wildman–Crippen LogP) is 6.63. The van der Waals surface area contributed by atoms with Crippen LogP contribution in [0.15, 0.2) is 54.6 Å². The van der Waals surface area contributed by atoms with Gasteiger partial charge in [-0.15, -0.1) is 0 Å². The molecular formula is C31H35FN2O3. The molecule has 3 aliphatic rings. The molecule has 1 N–H and O–H groups in total. The van der Waals surface area contributed by atoms with Crippen LogP contribution in [0.4, 0.5) is 4.39 Å². The number of carbonyl (C=O) groups is 1. The number of aromatic nitrogens is 2. The van der Waals surface area contributed by atoms with Crippen LogP contribution in [-0.2, 0) is 27.1 Å². The van der Waals surface area contributed by atoms with Gasteiger partial charge in [0.05, 0.1) is 23.4 Å². The fourth-order valence-electron chi connectivity index (χ4n) is 6.09. The molecule has 37 heavy (non-hydrogen) atoms. The van der Waals surface area contributed by atoms with E-state index in [0.29, 0.717) is 44.1 Å². The second-order valence-corrected chi connectivity index (χ2v) is 11.4. The van der Waals surface area contributed by atoms with E-state index in [1.54, 1.807) is 0 Å². The lowest BCUT2D eigenvalue weighted by Gasteiger charge is -2.44. The van der Waals surface area contributed by atoms with Crippen LogP contribution in [0.25, 0.3) is 11.3 Å². The summed E-state index contributed by atoms with van der Waals surface area (Å²) in [6, 6.07) is 16.3. The van der Waals surface area contributed by atoms with E-state index in [0.717, 1.165) is 34.9 Å². The van der Waals surface area contributed by atoms with E-state index >= 15 is 0 Å². The molecule has 5 nitrogen and oxygen atoms in total. The van der Waals surface area contributed by atoms with Gasteiger partial charge in [-0.1, -0.05) is 30.3 Å². The molecule has 194 valence electrons. The van der Waals surface area contributed by atoms with E-state index in [2.05, 4.69) is 4.57 Å². The lowest BCUT2D eigenvalue weighted by atomic mass is 9.65. The molecule has 3 aromatic rings. The predicted molar refractivity (Wildman–Crippen MR) is 140 cm³/mol. The van der Waals surface area contributed by atoms with Gasteiger partial charge in [0.15, 0.2) is 0 Å². The van der Waals surface area contributed by atoms with Gasteiger partial charge in [-0.05, 0) is 100.0 Å². The smallest absolute Gasteiger partial charge is 0.314 e. The number of aliphatic carboxylic acids is 1. The van der Waals surface area contributed by atoms with Crippen molar-refractivity contribution in [2.24, 2.45) is 11.8 Å². The van der Waals surface area contributed by atoms with Crippen molar-refractivity contribution in [2.45, 2.75) is 75.9 Å². The minimum atomic E-state index is -0.920. The summed E-state index contributed by atoms with van der Waals surface area (Å²) in [5.41, 5.74) is 2.20.